The molecule has 1 aliphatic heterocycles. The first kappa shape index (κ1) is 11.8. The fraction of sp³-hybridized carbons (Fsp3) is 0.364. The molecule has 0 saturated heterocycles. The van der Waals surface area contributed by atoms with Gasteiger partial charge in [-0.3, -0.25) is 4.79 Å². The van der Waals surface area contributed by atoms with Crippen molar-refractivity contribution in [1.29, 1.82) is 0 Å². The summed E-state index contributed by atoms with van der Waals surface area (Å²) in [6.45, 7) is 0.296. The number of ether oxygens (including phenoxy) is 2. The van der Waals surface area contributed by atoms with Crippen LogP contribution in [0.1, 0.15) is 22.3 Å². The molecule has 2 N–H and O–H groups in total. The second kappa shape index (κ2) is 4.67. The maximum atomic E-state index is 12.6. The van der Waals surface area contributed by atoms with Crippen LogP contribution in [0, 0.1) is 0 Å². The molecule has 0 atom stereocenters. The van der Waals surface area contributed by atoms with Gasteiger partial charge in [-0.05, 0) is 12.1 Å². The fourth-order valence-electron chi connectivity index (χ4n) is 1.62. The summed E-state index contributed by atoms with van der Waals surface area (Å²) in [7, 11) is 0. The second-order valence-corrected chi connectivity index (χ2v) is 3.52. The van der Waals surface area contributed by atoms with E-state index < -0.39 is 12.2 Å². The fourth-order valence-corrected chi connectivity index (χ4v) is 1.62. The molecule has 6 heteroatoms. The van der Waals surface area contributed by atoms with Crippen molar-refractivity contribution in [3.8, 4) is 11.5 Å². The lowest BCUT2D eigenvalue weighted by Gasteiger charge is -2.21. The molecule has 1 aromatic rings. The highest BCUT2D eigenvalue weighted by Gasteiger charge is 2.23. The van der Waals surface area contributed by atoms with E-state index in [9.17, 15) is 13.6 Å². The Morgan fingerprint density at radius 2 is 2.06 bits per heavy atom. The molecule has 0 bridgehead atoms. The number of carbonyl (C=O) groups excluding carboxylic acids is 1. The lowest BCUT2D eigenvalue weighted by atomic mass is 10.0. The third-order valence-corrected chi connectivity index (χ3v) is 2.40. The van der Waals surface area contributed by atoms with Gasteiger partial charge in [0.15, 0.2) is 17.3 Å². The van der Waals surface area contributed by atoms with Crippen molar-refractivity contribution in [2.75, 3.05) is 19.8 Å². The minimum Gasteiger partial charge on any atom is -0.486 e. The van der Waals surface area contributed by atoms with E-state index in [2.05, 4.69) is 0 Å². The van der Waals surface area contributed by atoms with Crippen LogP contribution in [0.4, 0.5) is 8.78 Å². The maximum Gasteiger partial charge on any atom is 0.264 e. The molecule has 0 aliphatic carbocycles. The first-order valence-electron chi connectivity index (χ1n) is 5.08. The molecule has 1 heterocycles. The van der Waals surface area contributed by atoms with Crippen molar-refractivity contribution in [2.45, 2.75) is 6.43 Å². The summed E-state index contributed by atoms with van der Waals surface area (Å²) in [4.78, 5) is 11.6. The standard InChI is InChI=1S/C11H11F2NO3/c12-11(13)6-3-7(8(15)5-14)10-9(4-6)16-1-2-17-10/h3-4,11H,1-2,5,14H2. The van der Waals surface area contributed by atoms with E-state index in [-0.39, 0.29) is 42.4 Å². The lowest BCUT2D eigenvalue weighted by molar-refractivity contribution is 0.0988. The molecule has 0 aromatic heterocycles. The Bertz CT molecular complexity index is 449. The van der Waals surface area contributed by atoms with Crippen LogP contribution in [-0.2, 0) is 0 Å². The van der Waals surface area contributed by atoms with Gasteiger partial charge in [-0.25, -0.2) is 8.78 Å². The van der Waals surface area contributed by atoms with E-state index in [0.717, 1.165) is 6.07 Å². The van der Waals surface area contributed by atoms with Crippen LogP contribution in [0.25, 0.3) is 0 Å². The zero-order valence-electron chi connectivity index (χ0n) is 8.91. The molecule has 0 saturated carbocycles. The SMILES string of the molecule is NCC(=O)c1cc(C(F)F)cc2c1OCCO2. The number of hydrogen-bond donors (Lipinski definition) is 1. The molecule has 2 rings (SSSR count). The van der Waals surface area contributed by atoms with Crippen LogP contribution in [-0.4, -0.2) is 25.5 Å². The predicted octanol–water partition coefficient (Wildman–Crippen LogP) is 1.54. The van der Waals surface area contributed by atoms with E-state index in [0.29, 0.717) is 0 Å². The zero-order valence-corrected chi connectivity index (χ0v) is 8.91. The molecule has 92 valence electrons. The van der Waals surface area contributed by atoms with Gasteiger partial charge in [-0.2, -0.15) is 0 Å². The number of halogens is 2. The molecule has 1 aromatic carbocycles. The summed E-state index contributed by atoms with van der Waals surface area (Å²) >= 11 is 0. The Labute approximate surface area is 96.3 Å². The summed E-state index contributed by atoms with van der Waals surface area (Å²) in [6, 6.07) is 2.29. The monoisotopic (exact) mass is 243 g/mol. The second-order valence-electron chi connectivity index (χ2n) is 3.52. The number of ketones is 1. The largest absolute Gasteiger partial charge is 0.486 e. The van der Waals surface area contributed by atoms with E-state index in [1.165, 1.54) is 6.07 Å². The van der Waals surface area contributed by atoms with Crippen LogP contribution < -0.4 is 15.2 Å². The number of fused-ring (bicyclic) bond motifs is 1. The van der Waals surface area contributed by atoms with Crippen molar-refractivity contribution in [1.82, 2.24) is 0 Å². The van der Waals surface area contributed by atoms with Gasteiger partial charge in [0.2, 0.25) is 0 Å². The molecular formula is C11H11F2NO3. The smallest absolute Gasteiger partial charge is 0.264 e. The Balaban J connectivity index is 2.54. The van der Waals surface area contributed by atoms with Gasteiger partial charge >= 0.3 is 0 Å². The third kappa shape index (κ3) is 2.21. The van der Waals surface area contributed by atoms with Crippen LogP contribution in [0.2, 0.25) is 0 Å². The van der Waals surface area contributed by atoms with Gasteiger partial charge in [0.25, 0.3) is 6.43 Å². The Hall–Kier alpha value is -1.69. The summed E-state index contributed by atoms with van der Waals surface area (Å²) in [5.74, 6) is -0.0730. The predicted molar refractivity (Wildman–Crippen MR) is 55.8 cm³/mol. The zero-order chi connectivity index (χ0) is 12.4. The van der Waals surface area contributed by atoms with Gasteiger partial charge in [0.05, 0.1) is 12.1 Å². The van der Waals surface area contributed by atoms with Gasteiger partial charge in [-0.1, -0.05) is 0 Å². The van der Waals surface area contributed by atoms with E-state index >= 15 is 0 Å². The molecule has 0 amide bonds. The molecule has 4 nitrogen and oxygen atoms in total. The molecule has 0 radical (unpaired) electrons. The molecule has 0 fully saturated rings. The van der Waals surface area contributed by atoms with Crippen LogP contribution in [0.3, 0.4) is 0 Å². The summed E-state index contributed by atoms with van der Waals surface area (Å²) in [6.07, 6.45) is -2.67. The van der Waals surface area contributed by atoms with Gasteiger partial charge in [-0.15, -0.1) is 0 Å². The molecular weight excluding hydrogens is 232 g/mol. The van der Waals surface area contributed by atoms with Gasteiger partial charge in [0, 0.05) is 5.56 Å². The highest BCUT2D eigenvalue weighted by molar-refractivity contribution is 6.01. The Kier molecular flexibility index (Phi) is 3.23. The van der Waals surface area contributed by atoms with Gasteiger partial charge < -0.3 is 15.2 Å². The van der Waals surface area contributed by atoms with Gasteiger partial charge in [0.1, 0.15) is 13.2 Å². The quantitative estimate of drug-likeness (QED) is 0.818. The number of nitrogens with two attached hydrogens (primary N) is 1. The average Bonchev–Trinajstić information content (AvgIpc) is 2.36. The first-order valence-corrected chi connectivity index (χ1v) is 5.08. The molecule has 0 spiro atoms. The summed E-state index contributed by atoms with van der Waals surface area (Å²) in [5, 5.41) is 0. The first-order chi connectivity index (χ1) is 8.13. The van der Waals surface area contributed by atoms with Crippen LogP contribution in [0.5, 0.6) is 11.5 Å². The normalized spacial score (nSPS) is 13.9. The van der Waals surface area contributed by atoms with E-state index in [4.69, 9.17) is 15.2 Å². The number of carbonyl (C=O) groups is 1. The number of rotatable bonds is 3. The third-order valence-electron chi connectivity index (χ3n) is 2.40. The molecule has 17 heavy (non-hydrogen) atoms. The van der Waals surface area contributed by atoms with Crippen molar-refractivity contribution >= 4 is 5.78 Å². The summed E-state index contributed by atoms with van der Waals surface area (Å²) < 4.78 is 35.8. The van der Waals surface area contributed by atoms with Crippen molar-refractivity contribution in [2.24, 2.45) is 5.73 Å². The van der Waals surface area contributed by atoms with Crippen molar-refractivity contribution < 1.29 is 23.0 Å². The number of Topliss-reactive ketones (excluding diaryl/α,β-unsaturated/α-hetero) is 1. The highest BCUT2D eigenvalue weighted by atomic mass is 19.3. The lowest BCUT2D eigenvalue weighted by Crippen LogP contribution is -2.21. The summed E-state index contributed by atoms with van der Waals surface area (Å²) in [5.41, 5.74) is 5.01. The maximum absolute atomic E-state index is 12.6. The van der Waals surface area contributed by atoms with Crippen LogP contribution >= 0.6 is 0 Å². The highest BCUT2D eigenvalue weighted by Crippen LogP contribution is 2.37. The van der Waals surface area contributed by atoms with E-state index in [1.807, 2.05) is 0 Å². The van der Waals surface area contributed by atoms with Crippen molar-refractivity contribution in [3.05, 3.63) is 23.3 Å². The number of benzene rings is 1. The topological polar surface area (TPSA) is 61.6 Å². The van der Waals surface area contributed by atoms with Crippen molar-refractivity contribution in [3.63, 3.8) is 0 Å². The Morgan fingerprint density at radius 1 is 1.35 bits per heavy atom. The van der Waals surface area contributed by atoms with Crippen LogP contribution in [0.15, 0.2) is 12.1 Å². The van der Waals surface area contributed by atoms with E-state index in [1.54, 1.807) is 0 Å². The molecule has 1 aliphatic rings. The average molecular weight is 243 g/mol. The number of hydrogen-bond acceptors (Lipinski definition) is 4. The minimum absolute atomic E-state index is 0.0556. The minimum atomic E-state index is -2.67. The number of alkyl halides is 2. The molecule has 0 unspecified atom stereocenters. The Morgan fingerprint density at radius 3 is 2.71 bits per heavy atom.